The van der Waals surface area contributed by atoms with Crippen LogP contribution >= 0.6 is 0 Å². The molecule has 15 nitrogen and oxygen atoms in total. The Morgan fingerprint density at radius 1 is 0.688 bits per heavy atom. The molecule has 0 saturated carbocycles. The van der Waals surface area contributed by atoms with Gasteiger partial charge in [-0.25, -0.2) is 9.59 Å². The average molecular weight is 876 g/mol. The summed E-state index contributed by atoms with van der Waals surface area (Å²) in [6.07, 6.45) is 8.36. The largest absolute Gasteiger partial charge is 0.453 e. The van der Waals surface area contributed by atoms with Gasteiger partial charge in [-0.15, -0.1) is 0 Å². The van der Waals surface area contributed by atoms with E-state index in [0.29, 0.717) is 51.1 Å². The molecule has 4 saturated heterocycles. The molecule has 64 heavy (non-hydrogen) atoms. The van der Waals surface area contributed by atoms with Crippen LogP contribution < -0.4 is 10.6 Å². The zero-order chi connectivity index (χ0) is 45.0. The number of carbonyl (C=O) groups is 4. The highest BCUT2D eigenvalue weighted by atomic mass is 16.7. The number of amides is 4. The van der Waals surface area contributed by atoms with E-state index in [1.807, 2.05) is 45.0 Å². The molecule has 2 aromatic rings. The minimum atomic E-state index is -0.895. The van der Waals surface area contributed by atoms with Gasteiger partial charge in [0.2, 0.25) is 11.8 Å². The second-order valence-corrected chi connectivity index (χ2v) is 18.9. The third-order valence-corrected chi connectivity index (χ3v) is 14.6. The first-order valence-corrected chi connectivity index (χ1v) is 22.9. The number of fused-ring (bicyclic) bond motifs is 5. The van der Waals surface area contributed by atoms with Crippen molar-refractivity contribution in [2.75, 3.05) is 47.6 Å². The lowest BCUT2D eigenvalue weighted by molar-refractivity contribution is -0.153. The molecule has 7 aliphatic heterocycles. The Balaban J connectivity index is 0.912. The Hall–Kier alpha value is -5.38. The van der Waals surface area contributed by atoms with E-state index in [1.54, 1.807) is 4.90 Å². The second-order valence-electron chi connectivity index (χ2n) is 18.9. The zero-order valence-corrected chi connectivity index (χ0v) is 38.0. The molecule has 0 radical (unpaired) electrons. The molecule has 0 aliphatic carbocycles. The topological polar surface area (TPSA) is 164 Å². The quantitative estimate of drug-likeness (QED) is 0.252. The smallest absolute Gasteiger partial charge is 0.407 e. The predicted molar refractivity (Wildman–Crippen MR) is 242 cm³/mol. The number of nitrogens with one attached hydrogen (secondary N) is 2. The number of ether oxygens (including phenoxy) is 4. The van der Waals surface area contributed by atoms with E-state index in [0.717, 1.165) is 53.8 Å². The van der Waals surface area contributed by atoms with E-state index in [-0.39, 0.29) is 42.3 Å². The molecule has 0 aromatic heterocycles. The number of methoxy groups -OCH3 is 2. The Labute approximate surface area is 375 Å². The van der Waals surface area contributed by atoms with E-state index in [4.69, 9.17) is 28.9 Å². The number of nitrogens with zero attached hydrogens (tertiary/aromatic N) is 5. The van der Waals surface area contributed by atoms with Crippen molar-refractivity contribution < 1.29 is 38.1 Å². The van der Waals surface area contributed by atoms with Crippen molar-refractivity contribution in [1.82, 2.24) is 25.3 Å². The lowest BCUT2D eigenvalue weighted by Gasteiger charge is -2.31. The summed E-state index contributed by atoms with van der Waals surface area (Å²) < 4.78 is 21.9. The van der Waals surface area contributed by atoms with Crippen LogP contribution in [0, 0.1) is 11.8 Å². The van der Waals surface area contributed by atoms with E-state index >= 15 is 0 Å². The summed E-state index contributed by atoms with van der Waals surface area (Å²) in [5.41, 5.74) is 11.6. The van der Waals surface area contributed by atoms with Gasteiger partial charge >= 0.3 is 12.2 Å². The lowest BCUT2D eigenvalue weighted by atomic mass is 9.80. The average Bonchev–Trinajstić information content (AvgIpc) is 4.17. The third-order valence-electron chi connectivity index (χ3n) is 14.6. The first-order chi connectivity index (χ1) is 30.8. The minimum absolute atomic E-state index is 0.0903. The van der Waals surface area contributed by atoms with Gasteiger partial charge < -0.3 is 39.4 Å². The lowest BCUT2D eigenvalue weighted by Crippen LogP contribution is -2.54. The highest BCUT2D eigenvalue weighted by molar-refractivity contribution is 6.05. The van der Waals surface area contributed by atoms with Crippen molar-refractivity contribution in [1.29, 1.82) is 0 Å². The molecular weight excluding hydrogens is 815 g/mol. The number of hydrogen-bond acceptors (Lipinski definition) is 11. The summed E-state index contributed by atoms with van der Waals surface area (Å²) in [6, 6.07) is 12.1. The molecule has 6 atom stereocenters. The number of hydrogen-bond donors (Lipinski definition) is 2. The maximum atomic E-state index is 14.1. The standard InChI is InChI=1S/C49H61N7O8/c1-27(2)43(52-47(59)61-6)45(57)55-18-8-9-37(55)35-22-32(25-51-35)34-15-14-33(41-38-16-17-39(42(34)41)54(38)5)30-12-10-29(11-13-30)31-21-36(50-24-31)40-23-49(63-19-20-64-49)26-56(40)46(58)44(28(3)4)53-48(60)62-7/h10-15,24-25,27-28,37-40,43-44H,8-9,16-23,26H2,1-7H3,(H,52,59)(H,53,60)/t37-,38?,39?,40-,43-,44-/m0/s1. The predicted octanol–water partition coefficient (Wildman–Crippen LogP) is 6.64. The molecule has 7 heterocycles. The van der Waals surface area contributed by atoms with E-state index in [2.05, 4.69) is 59.0 Å². The maximum absolute atomic E-state index is 14.1. The van der Waals surface area contributed by atoms with Gasteiger partial charge in [0.15, 0.2) is 5.79 Å². The van der Waals surface area contributed by atoms with E-state index < -0.39 is 30.1 Å². The molecule has 1 spiro atoms. The van der Waals surface area contributed by atoms with Crippen LogP contribution in [0.4, 0.5) is 9.59 Å². The maximum Gasteiger partial charge on any atom is 0.407 e. The monoisotopic (exact) mass is 875 g/mol. The Kier molecular flexibility index (Phi) is 12.0. The van der Waals surface area contributed by atoms with Gasteiger partial charge in [-0.05, 0) is 89.1 Å². The van der Waals surface area contributed by atoms with Gasteiger partial charge in [-0.2, -0.15) is 0 Å². The molecular formula is C49H61N7O8. The van der Waals surface area contributed by atoms with Gasteiger partial charge in [-0.1, -0.05) is 64.1 Å². The molecule has 4 amide bonds. The van der Waals surface area contributed by atoms with Crippen LogP contribution in [-0.4, -0.2) is 128 Å². The van der Waals surface area contributed by atoms with Crippen molar-refractivity contribution in [2.24, 2.45) is 21.8 Å². The van der Waals surface area contributed by atoms with Gasteiger partial charge in [0, 0.05) is 61.7 Å². The molecule has 340 valence electrons. The molecule has 15 heteroatoms. The number of alkyl carbamates (subject to hydrolysis) is 2. The van der Waals surface area contributed by atoms with Crippen molar-refractivity contribution >= 4 is 46.6 Å². The van der Waals surface area contributed by atoms with Crippen LogP contribution in [0.15, 0.2) is 58.8 Å². The number of benzene rings is 2. The van der Waals surface area contributed by atoms with Crippen molar-refractivity contribution in [3.05, 3.63) is 71.1 Å². The summed E-state index contributed by atoms with van der Waals surface area (Å²) in [7, 11) is 4.85. The number of allylic oxidation sites excluding steroid dienone is 2. The summed E-state index contributed by atoms with van der Waals surface area (Å²) in [4.78, 5) is 68.5. The molecule has 9 rings (SSSR count). The first-order valence-electron chi connectivity index (χ1n) is 22.9. The van der Waals surface area contributed by atoms with Crippen molar-refractivity contribution in [3.8, 4) is 11.1 Å². The summed E-state index contributed by atoms with van der Waals surface area (Å²) in [5.74, 6) is -1.46. The minimum Gasteiger partial charge on any atom is -0.453 e. The van der Waals surface area contributed by atoms with Gasteiger partial charge in [-0.3, -0.25) is 24.5 Å². The SMILES string of the molecule is COC(=O)N[C@H](C(=O)N1CCC[C@H]1C1=NC=C(c2ccc(-c3ccc(C4=CN=C([C@@H]5CC6(CN5C(=O)[C@@H](NC(=O)OC)C(C)C)OCCO6)C4)cc3)c3c2C2CCC3N2C)C1)C(C)C. The van der Waals surface area contributed by atoms with Gasteiger partial charge in [0.05, 0.1) is 46.1 Å². The number of rotatable bonds is 11. The first kappa shape index (κ1) is 43.9. The fourth-order valence-corrected chi connectivity index (χ4v) is 11.2. The fraction of sp³-hybridized carbons (Fsp3) is 0.551. The summed E-state index contributed by atoms with van der Waals surface area (Å²) >= 11 is 0. The van der Waals surface area contributed by atoms with Crippen molar-refractivity contribution in [2.45, 2.75) is 115 Å². The Morgan fingerprint density at radius 3 is 1.83 bits per heavy atom. The zero-order valence-electron chi connectivity index (χ0n) is 38.0. The Bertz CT molecular complexity index is 2330. The normalized spacial score (nSPS) is 25.4. The fourth-order valence-electron chi connectivity index (χ4n) is 11.2. The summed E-state index contributed by atoms with van der Waals surface area (Å²) in [6.45, 7) is 9.48. The molecule has 2 unspecified atom stereocenters. The Morgan fingerprint density at radius 2 is 1.22 bits per heavy atom. The molecule has 4 fully saturated rings. The van der Waals surface area contributed by atoms with Gasteiger partial charge in [0.1, 0.15) is 12.1 Å². The molecule has 2 N–H and O–H groups in total. The van der Waals surface area contributed by atoms with Gasteiger partial charge in [0.25, 0.3) is 0 Å². The second kappa shape index (κ2) is 17.5. The van der Waals surface area contributed by atoms with Crippen LogP contribution in [-0.2, 0) is 28.5 Å². The van der Waals surface area contributed by atoms with Crippen LogP contribution in [0.1, 0.15) is 107 Å². The van der Waals surface area contributed by atoms with E-state index in [9.17, 15) is 19.2 Å². The highest BCUT2D eigenvalue weighted by Gasteiger charge is 2.53. The van der Waals surface area contributed by atoms with Crippen LogP contribution in [0.25, 0.3) is 22.3 Å². The molecule has 7 aliphatic rings. The van der Waals surface area contributed by atoms with Crippen molar-refractivity contribution in [3.63, 3.8) is 0 Å². The highest BCUT2D eigenvalue weighted by Crippen LogP contribution is 2.57. The van der Waals surface area contributed by atoms with E-state index in [1.165, 1.54) is 42.0 Å². The molecule has 2 aromatic carbocycles. The molecule has 2 bridgehead atoms. The summed E-state index contributed by atoms with van der Waals surface area (Å²) in [5, 5.41) is 5.49. The number of aliphatic imine (C=N–C) groups is 2. The number of likely N-dealkylation sites (tertiary alicyclic amines) is 2. The van der Waals surface area contributed by atoms with Crippen LogP contribution in [0.5, 0.6) is 0 Å². The van der Waals surface area contributed by atoms with Crippen LogP contribution in [0.3, 0.4) is 0 Å². The van der Waals surface area contributed by atoms with Crippen LogP contribution in [0.2, 0.25) is 0 Å². The third kappa shape index (κ3) is 7.82. The number of carbonyl (C=O) groups excluding carboxylic acids is 4.